The number of aromatic nitrogens is 1. The van der Waals surface area contributed by atoms with Crippen LogP contribution in [0.15, 0.2) is 85.1 Å². The minimum atomic E-state index is -2.77. The van der Waals surface area contributed by atoms with Gasteiger partial charge in [-0.05, 0) is 70.6 Å². The minimum absolute atomic E-state index is 0.0481. The first-order valence-corrected chi connectivity index (χ1v) is 21.2. The van der Waals surface area contributed by atoms with Gasteiger partial charge in [0.1, 0.15) is 5.82 Å². The Kier molecular flexibility index (Phi) is 9.50. The fourth-order valence-electron chi connectivity index (χ4n) is 9.19. The maximum absolute atomic E-state index is 13.2. The van der Waals surface area contributed by atoms with Crippen LogP contribution in [0.3, 0.4) is 0 Å². The van der Waals surface area contributed by atoms with Crippen molar-refractivity contribution in [3.05, 3.63) is 90.1 Å². The van der Waals surface area contributed by atoms with Gasteiger partial charge in [-0.25, -0.2) is 4.98 Å². The maximum Gasteiger partial charge on any atom is 0.261 e. The summed E-state index contributed by atoms with van der Waals surface area (Å²) in [5, 5.41) is 8.24. The van der Waals surface area contributed by atoms with Crippen LogP contribution in [0.4, 0.5) is 11.5 Å². The van der Waals surface area contributed by atoms with E-state index >= 15 is 0 Å². The molecule has 8 rings (SSSR count). The Bertz CT molecular complexity index is 1870. The van der Waals surface area contributed by atoms with E-state index in [0.29, 0.717) is 24.1 Å². The predicted octanol–water partition coefficient (Wildman–Crippen LogP) is 6.50. The summed E-state index contributed by atoms with van der Waals surface area (Å²) in [5.41, 5.74) is 0.848. The third-order valence-electron chi connectivity index (χ3n) is 12.5. The molecule has 0 bridgehead atoms. The summed E-state index contributed by atoms with van der Waals surface area (Å²) >= 11 is 6.94. The molecule has 3 atom stereocenters. The number of carbonyl (C=O) groups is 1. The second-order valence-electron chi connectivity index (χ2n) is 16.6. The third kappa shape index (κ3) is 6.37. The lowest BCUT2D eigenvalue weighted by atomic mass is 9.93. The summed E-state index contributed by atoms with van der Waals surface area (Å²) in [5.74, 6) is 0.707. The van der Waals surface area contributed by atoms with Gasteiger partial charge in [-0.15, -0.1) is 0 Å². The van der Waals surface area contributed by atoms with Crippen LogP contribution < -0.4 is 20.6 Å². The third-order valence-corrected chi connectivity index (χ3v) is 17.8. The van der Waals surface area contributed by atoms with Gasteiger partial charge >= 0.3 is 0 Å². The molecule has 1 aromatic heterocycles. The number of pyridine rings is 1. The molecule has 1 aliphatic carbocycles. The molecule has 8 nitrogen and oxygen atoms in total. The van der Waals surface area contributed by atoms with E-state index < -0.39 is 8.32 Å². The van der Waals surface area contributed by atoms with Gasteiger partial charge in [-0.2, -0.15) is 0 Å². The highest BCUT2D eigenvalue weighted by Gasteiger charge is 2.58. The van der Waals surface area contributed by atoms with Gasteiger partial charge < -0.3 is 24.1 Å². The zero-order valence-electron chi connectivity index (χ0n) is 30.9. The lowest BCUT2D eigenvalue weighted by Crippen LogP contribution is -2.71. The van der Waals surface area contributed by atoms with E-state index in [4.69, 9.17) is 25.5 Å². The van der Waals surface area contributed by atoms with Crippen molar-refractivity contribution < 1.29 is 18.7 Å². The summed E-state index contributed by atoms with van der Waals surface area (Å²) in [6.45, 7) is 15.4. The van der Waals surface area contributed by atoms with E-state index in [1.807, 2.05) is 18.3 Å². The number of rotatable bonds is 8. The van der Waals surface area contributed by atoms with Gasteiger partial charge in [0.05, 0.1) is 35.6 Å². The average Bonchev–Trinajstić information content (AvgIpc) is 3.71. The fourth-order valence-corrected chi connectivity index (χ4v) is 14.2. The first-order chi connectivity index (χ1) is 25.0. The number of nitrogens with zero attached hydrogens (tertiary/aromatic N) is 3. The van der Waals surface area contributed by atoms with E-state index in [0.717, 1.165) is 75.1 Å². The van der Waals surface area contributed by atoms with Crippen LogP contribution in [0, 0.1) is 11.3 Å². The molecule has 4 aliphatic rings. The monoisotopic (exact) mass is 738 g/mol. The number of piperazine rings is 1. The Hall–Kier alpha value is -3.31. The molecular weight excluding hydrogens is 688 g/mol. The van der Waals surface area contributed by atoms with Gasteiger partial charge in [0, 0.05) is 56.9 Å². The highest BCUT2D eigenvalue weighted by Crippen LogP contribution is 2.59. The quantitative estimate of drug-likeness (QED) is 0.207. The molecule has 1 N–H and O–H groups in total. The van der Waals surface area contributed by atoms with Gasteiger partial charge in [0.2, 0.25) is 5.91 Å². The number of halogens is 1. The number of fused-ring (bicyclic) bond motifs is 1. The SMILES string of the molecule is CC(C)(C)[Si](O[C@@H]1COC[C@]1(C)N1CCN(c2cc3cc(NC(=O)[C@@H]4CC45CCOCC5)ncc3cc2Cl)CC1)(c1ccccc1)c1ccccc1. The molecule has 10 heteroatoms. The van der Waals surface area contributed by atoms with Gasteiger partial charge in [-0.3, -0.25) is 9.69 Å². The highest BCUT2D eigenvalue weighted by atomic mass is 35.5. The number of benzene rings is 3. The summed E-state index contributed by atoms with van der Waals surface area (Å²) in [6, 6.07) is 27.9. The molecule has 0 unspecified atom stereocenters. The van der Waals surface area contributed by atoms with Crippen molar-refractivity contribution in [1.82, 2.24) is 9.88 Å². The van der Waals surface area contributed by atoms with Crippen molar-refractivity contribution in [2.24, 2.45) is 11.3 Å². The Balaban J connectivity index is 0.992. The van der Waals surface area contributed by atoms with Crippen molar-refractivity contribution in [3.63, 3.8) is 0 Å². The standard InChI is InChI=1S/C42H51ClN4O4Si/c1-40(2,3)52(32-11-7-5-8-12-32,33-13-9-6-10-14-33)51-37-28-50-29-41(37,4)47-19-17-46(18-20-47)36-24-30-25-38(44-27-31(30)23-35(36)43)45-39(48)34-26-42(34)15-21-49-22-16-42/h5-14,23-25,27,34,37H,15-22,26,28-29H2,1-4H3,(H,44,45,48)/t34-,37+,41-/m0/s1. The molecule has 0 radical (unpaired) electrons. The summed E-state index contributed by atoms with van der Waals surface area (Å²) in [7, 11) is -2.77. The zero-order valence-corrected chi connectivity index (χ0v) is 32.6. The van der Waals surface area contributed by atoms with E-state index in [2.05, 4.69) is 115 Å². The number of nitrogens with one attached hydrogen (secondary N) is 1. The van der Waals surface area contributed by atoms with E-state index in [1.165, 1.54) is 10.4 Å². The van der Waals surface area contributed by atoms with Crippen LogP contribution >= 0.6 is 11.6 Å². The summed E-state index contributed by atoms with van der Waals surface area (Å²) < 4.78 is 19.5. The van der Waals surface area contributed by atoms with Crippen LogP contribution in [0.2, 0.25) is 10.1 Å². The Labute approximate surface area is 313 Å². The smallest absolute Gasteiger partial charge is 0.261 e. The number of anilines is 2. The molecule has 3 aromatic carbocycles. The lowest BCUT2D eigenvalue weighted by molar-refractivity contribution is -0.118. The number of hydrogen-bond acceptors (Lipinski definition) is 7. The van der Waals surface area contributed by atoms with Crippen LogP contribution in [0.1, 0.15) is 47.0 Å². The van der Waals surface area contributed by atoms with Crippen LogP contribution in [-0.2, 0) is 18.7 Å². The largest absolute Gasteiger partial charge is 0.400 e. The van der Waals surface area contributed by atoms with Crippen LogP contribution in [0.5, 0.6) is 0 Å². The molecule has 4 heterocycles. The Morgan fingerprint density at radius 2 is 1.58 bits per heavy atom. The van der Waals surface area contributed by atoms with Crippen molar-refractivity contribution in [1.29, 1.82) is 0 Å². The van der Waals surface area contributed by atoms with Crippen molar-refractivity contribution >= 4 is 58.5 Å². The fraction of sp³-hybridized carbons (Fsp3) is 0.476. The maximum atomic E-state index is 13.2. The van der Waals surface area contributed by atoms with E-state index in [-0.39, 0.29) is 33.9 Å². The average molecular weight is 739 g/mol. The second-order valence-corrected chi connectivity index (χ2v) is 21.2. The molecule has 52 heavy (non-hydrogen) atoms. The van der Waals surface area contributed by atoms with E-state index in [9.17, 15) is 4.79 Å². The molecule has 274 valence electrons. The predicted molar refractivity (Wildman–Crippen MR) is 211 cm³/mol. The Morgan fingerprint density at radius 3 is 2.21 bits per heavy atom. The molecule has 4 aromatic rings. The topological polar surface area (TPSA) is 76.2 Å². The summed E-state index contributed by atoms with van der Waals surface area (Å²) in [6.07, 6.45) is 4.59. The van der Waals surface area contributed by atoms with Crippen LogP contribution in [0.25, 0.3) is 10.8 Å². The molecule has 1 saturated carbocycles. The highest BCUT2D eigenvalue weighted by molar-refractivity contribution is 6.99. The molecular formula is C42H51ClN4O4Si. The van der Waals surface area contributed by atoms with Gasteiger partial charge in [0.25, 0.3) is 8.32 Å². The van der Waals surface area contributed by atoms with Crippen LogP contribution in [-0.4, -0.2) is 88.4 Å². The van der Waals surface area contributed by atoms with Crippen molar-refractivity contribution in [3.8, 4) is 0 Å². The molecule has 1 amide bonds. The first-order valence-electron chi connectivity index (χ1n) is 18.9. The van der Waals surface area contributed by atoms with E-state index in [1.54, 1.807) is 0 Å². The zero-order chi connectivity index (χ0) is 36.1. The minimum Gasteiger partial charge on any atom is -0.400 e. The number of carbonyl (C=O) groups excluding carboxylic acids is 1. The Morgan fingerprint density at radius 1 is 0.923 bits per heavy atom. The first kappa shape index (κ1) is 35.7. The molecule has 4 fully saturated rings. The molecule has 1 spiro atoms. The molecule has 3 saturated heterocycles. The second kappa shape index (κ2) is 13.8. The number of ether oxygens (including phenoxy) is 2. The number of amides is 1. The van der Waals surface area contributed by atoms with Crippen molar-refractivity contribution in [2.45, 2.75) is 63.6 Å². The van der Waals surface area contributed by atoms with Gasteiger partial charge in [-0.1, -0.05) is 93.0 Å². The van der Waals surface area contributed by atoms with Crippen molar-refractivity contribution in [2.75, 3.05) is 62.8 Å². The number of hydrogen-bond donors (Lipinski definition) is 1. The molecule has 3 aliphatic heterocycles. The lowest BCUT2D eigenvalue weighted by Gasteiger charge is -2.50. The summed E-state index contributed by atoms with van der Waals surface area (Å²) in [4.78, 5) is 22.7. The van der Waals surface area contributed by atoms with Gasteiger partial charge in [0.15, 0.2) is 0 Å². The normalized spacial score (nSPS) is 25.1.